The van der Waals surface area contributed by atoms with Crippen LogP contribution < -0.4 is 4.74 Å². The first-order valence-electron chi connectivity index (χ1n) is 6.89. The first kappa shape index (κ1) is 15.1. The molecule has 23 heavy (non-hydrogen) atoms. The molecule has 0 atom stereocenters. The van der Waals surface area contributed by atoms with Gasteiger partial charge in [-0.2, -0.15) is 5.10 Å². The lowest BCUT2D eigenvalue weighted by molar-refractivity contribution is 0.0690. The largest absolute Gasteiger partial charge is 0.487 e. The topological polar surface area (TPSA) is 75.2 Å². The maximum atomic E-state index is 10.9. The number of H-pyrrole nitrogens is 1. The smallest absolute Gasteiger partial charge is 0.353 e. The van der Waals surface area contributed by atoms with Crippen molar-refractivity contribution in [2.45, 2.75) is 6.61 Å². The number of ether oxygens (including phenoxy) is 1. The van der Waals surface area contributed by atoms with E-state index >= 15 is 0 Å². The molecule has 2 N–H and O–H groups in total. The summed E-state index contributed by atoms with van der Waals surface area (Å²) in [6.07, 6.45) is 0. The lowest BCUT2D eigenvalue weighted by Crippen LogP contribution is -1.95. The van der Waals surface area contributed by atoms with E-state index in [0.717, 1.165) is 5.56 Å². The Morgan fingerprint density at radius 3 is 2.61 bits per heavy atom. The highest BCUT2D eigenvalue weighted by molar-refractivity contribution is 6.32. The van der Waals surface area contributed by atoms with Crippen LogP contribution in [-0.4, -0.2) is 21.3 Å². The molecule has 116 valence electrons. The Kier molecular flexibility index (Phi) is 4.30. The van der Waals surface area contributed by atoms with Crippen molar-refractivity contribution in [3.05, 3.63) is 70.9 Å². The van der Waals surface area contributed by atoms with Gasteiger partial charge in [0.25, 0.3) is 0 Å². The van der Waals surface area contributed by atoms with Crippen molar-refractivity contribution >= 4 is 17.6 Å². The van der Waals surface area contributed by atoms with Crippen LogP contribution in [0, 0.1) is 0 Å². The van der Waals surface area contributed by atoms with Gasteiger partial charge in [0.15, 0.2) is 0 Å². The van der Waals surface area contributed by atoms with Gasteiger partial charge >= 0.3 is 5.97 Å². The van der Waals surface area contributed by atoms with Gasteiger partial charge < -0.3 is 9.84 Å². The molecule has 0 unspecified atom stereocenters. The minimum atomic E-state index is -1.06. The molecule has 1 heterocycles. The molecule has 2 aromatic carbocycles. The number of halogens is 1. The maximum absolute atomic E-state index is 10.9. The molecule has 1 aromatic heterocycles. The molecule has 0 aliphatic carbocycles. The summed E-state index contributed by atoms with van der Waals surface area (Å²) in [6.45, 7) is 0.422. The Balaban J connectivity index is 1.76. The van der Waals surface area contributed by atoms with Gasteiger partial charge in [-0.15, -0.1) is 0 Å². The molecule has 0 fully saturated rings. The highest BCUT2D eigenvalue weighted by Crippen LogP contribution is 2.30. The Labute approximate surface area is 137 Å². The Bertz CT molecular complexity index is 831. The average Bonchev–Trinajstić information content (AvgIpc) is 3.05. The van der Waals surface area contributed by atoms with Gasteiger partial charge in [0.05, 0.1) is 10.7 Å². The molecule has 6 heteroatoms. The van der Waals surface area contributed by atoms with Crippen molar-refractivity contribution in [2.24, 2.45) is 0 Å². The Morgan fingerprint density at radius 2 is 1.96 bits per heavy atom. The molecule has 0 bridgehead atoms. The van der Waals surface area contributed by atoms with Gasteiger partial charge in [-0.3, -0.25) is 5.10 Å². The number of aromatic nitrogens is 2. The minimum absolute atomic E-state index is 0.0283. The van der Waals surface area contributed by atoms with E-state index in [1.165, 1.54) is 6.07 Å². The second-order valence-corrected chi connectivity index (χ2v) is 5.30. The molecule has 3 aromatic rings. The number of carboxylic acid groups (broad SMARTS) is 1. The molecule has 0 saturated carbocycles. The molecule has 0 spiro atoms. The van der Waals surface area contributed by atoms with Crippen molar-refractivity contribution in [1.82, 2.24) is 10.2 Å². The molecule has 0 amide bonds. The number of hydrogen-bond acceptors (Lipinski definition) is 3. The number of carboxylic acids is 1. The lowest BCUT2D eigenvalue weighted by atomic mass is 10.1. The van der Waals surface area contributed by atoms with Crippen LogP contribution in [0.15, 0.2) is 54.6 Å². The average molecular weight is 329 g/mol. The zero-order valence-electron chi connectivity index (χ0n) is 12.0. The number of hydrogen-bond donors (Lipinski definition) is 2. The first-order valence-corrected chi connectivity index (χ1v) is 7.26. The Morgan fingerprint density at radius 1 is 1.17 bits per heavy atom. The summed E-state index contributed by atoms with van der Waals surface area (Å²) in [7, 11) is 0. The third-order valence-electron chi connectivity index (χ3n) is 3.27. The number of aromatic amines is 1. The van der Waals surface area contributed by atoms with E-state index in [0.29, 0.717) is 28.6 Å². The number of rotatable bonds is 5. The summed E-state index contributed by atoms with van der Waals surface area (Å²) >= 11 is 6.24. The van der Waals surface area contributed by atoms with Crippen molar-refractivity contribution < 1.29 is 14.6 Å². The zero-order chi connectivity index (χ0) is 16.2. The maximum Gasteiger partial charge on any atom is 0.353 e. The fourth-order valence-corrected chi connectivity index (χ4v) is 2.33. The molecule has 5 nitrogen and oxygen atoms in total. The van der Waals surface area contributed by atoms with Gasteiger partial charge in [0.2, 0.25) is 0 Å². The molecule has 0 saturated heterocycles. The van der Waals surface area contributed by atoms with Crippen LogP contribution in [0.2, 0.25) is 5.02 Å². The summed E-state index contributed by atoms with van der Waals surface area (Å²) in [5, 5.41) is 15.8. The van der Waals surface area contributed by atoms with Gasteiger partial charge in [0, 0.05) is 5.56 Å². The predicted octanol–water partition coefficient (Wildman–Crippen LogP) is 4.01. The van der Waals surface area contributed by atoms with E-state index < -0.39 is 5.97 Å². The van der Waals surface area contributed by atoms with E-state index in [4.69, 9.17) is 21.4 Å². The van der Waals surface area contributed by atoms with E-state index in [1.807, 2.05) is 30.3 Å². The lowest BCUT2D eigenvalue weighted by Gasteiger charge is -2.09. The third kappa shape index (κ3) is 3.52. The van der Waals surface area contributed by atoms with Crippen molar-refractivity contribution in [3.8, 4) is 17.0 Å². The van der Waals surface area contributed by atoms with Crippen LogP contribution in [0.5, 0.6) is 5.75 Å². The SMILES string of the molecule is O=C(O)c1cc(-c2ccc(OCc3ccccc3)c(Cl)c2)n[nH]1. The third-order valence-corrected chi connectivity index (χ3v) is 3.57. The Hall–Kier alpha value is -2.79. The quantitative estimate of drug-likeness (QED) is 0.742. The van der Waals surface area contributed by atoms with E-state index in [-0.39, 0.29) is 5.69 Å². The van der Waals surface area contributed by atoms with Crippen LogP contribution >= 0.6 is 11.6 Å². The molecular formula is C17H13ClN2O3. The molecule has 0 radical (unpaired) electrons. The van der Waals surface area contributed by atoms with Crippen LogP contribution in [-0.2, 0) is 6.61 Å². The normalized spacial score (nSPS) is 10.5. The van der Waals surface area contributed by atoms with E-state index in [1.54, 1.807) is 18.2 Å². The van der Waals surface area contributed by atoms with Gasteiger partial charge in [0.1, 0.15) is 18.1 Å². The number of carbonyl (C=O) groups is 1. The fraction of sp³-hybridized carbons (Fsp3) is 0.0588. The summed E-state index contributed by atoms with van der Waals surface area (Å²) < 4.78 is 5.70. The first-order chi connectivity index (χ1) is 11.1. The van der Waals surface area contributed by atoms with Crippen LogP contribution in [0.4, 0.5) is 0 Å². The van der Waals surface area contributed by atoms with Crippen molar-refractivity contribution in [1.29, 1.82) is 0 Å². The van der Waals surface area contributed by atoms with Gasteiger partial charge in [-0.1, -0.05) is 41.9 Å². The minimum Gasteiger partial charge on any atom is -0.487 e. The van der Waals surface area contributed by atoms with Crippen LogP contribution in [0.3, 0.4) is 0 Å². The second-order valence-electron chi connectivity index (χ2n) is 4.89. The molecule has 0 aliphatic heterocycles. The highest BCUT2D eigenvalue weighted by atomic mass is 35.5. The van der Waals surface area contributed by atoms with Crippen molar-refractivity contribution in [2.75, 3.05) is 0 Å². The van der Waals surface area contributed by atoms with Crippen LogP contribution in [0.25, 0.3) is 11.3 Å². The number of benzene rings is 2. The van der Waals surface area contributed by atoms with Crippen LogP contribution in [0.1, 0.15) is 16.1 Å². The summed E-state index contributed by atoms with van der Waals surface area (Å²) in [5.74, 6) is -0.495. The second kappa shape index (κ2) is 6.54. The number of aromatic carboxylic acids is 1. The highest BCUT2D eigenvalue weighted by Gasteiger charge is 2.11. The van der Waals surface area contributed by atoms with Gasteiger partial charge in [-0.05, 0) is 29.8 Å². The monoisotopic (exact) mass is 328 g/mol. The van der Waals surface area contributed by atoms with E-state index in [9.17, 15) is 4.79 Å². The number of nitrogens with zero attached hydrogens (tertiary/aromatic N) is 1. The summed E-state index contributed by atoms with van der Waals surface area (Å²) in [5.41, 5.74) is 2.30. The zero-order valence-corrected chi connectivity index (χ0v) is 12.7. The molecule has 3 rings (SSSR count). The molecule has 0 aliphatic rings. The predicted molar refractivity (Wildman–Crippen MR) is 86.8 cm³/mol. The molecular weight excluding hydrogens is 316 g/mol. The summed E-state index contributed by atoms with van der Waals surface area (Å²) in [4.78, 5) is 10.9. The standard InChI is InChI=1S/C17H13ClN2O3/c18-13-8-12(14-9-15(17(21)22)20-19-14)6-7-16(13)23-10-11-4-2-1-3-5-11/h1-9H,10H2,(H,19,20)(H,21,22). The van der Waals surface area contributed by atoms with E-state index in [2.05, 4.69) is 10.2 Å². The fourth-order valence-electron chi connectivity index (χ4n) is 2.09. The van der Waals surface area contributed by atoms with Gasteiger partial charge in [-0.25, -0.2) is 4.79 Å². The summed E-state index contributed by atoms with van der Waals surface area (Å²) in [6, 6.07) is 16.5. The number of nitrogens with one attached hydrogen (secondary N) is 1. The van der Waals surface area contributed by atoms with Crippen molar-refractivity contribution in [3.63, 3.8) is 0 Å².